The van der Waals surface area contributed by atoms with Crippen molar-refractivity contribution < 1.29 is 9.59 Å². The average molecular weight is 263 g/mol. The van der Waals surface area contributed by atoms with Gasteiger partial charge >= 0.3 is 0 Å². The molecule has 104 valence electrons. The monoisotopic (exact) mass is 263 g/mol. The van der Waals surface area contributed by atoms with Gasteiger partial charge in [-0.15, -0.1) is 0 Å². The molecule has 5 heteroatoms. The fraction of sp³-hybridized carbons (Fsp3) is 0.429. The van der Waals surface area contributed by atoms with Gasteiger partial charge in [0.05, 0.1) is 5.92 Å². The molecule has 0 saturated carbocycles. The molecule has 0 bridgehead atoms. The Morgan fingerprint density at radius 1 is 1.42 bits per heavy atom. The summed E-state index contributed by atoms with van der Waals surface area (Å²) in [6.07, 6.45) is 0. The molecule has 1 unspecified atom stereocenters. The van der Waals surface area contributed by atoms with Crippen LogP contribution in [0, 0.1) is 5.92 Å². The Morgan fingerprint density at radius 2 is 2.05 bits per heavy atom. The Hall–Kier alpha value is -2.04. The fourth-order valence-corrected chi connectivity index (χ4v) is 1.93. The predicted molar refractivity (Wildman–Crippen MR) is 77.4 cm³/mol. The Morgan fingerprint density at radius 3 is 2.58 bits per heavy atom. The number of hydrogen-bond acceptors (Lipinski definition) is 4. The Balaban J connectivity index is 2.88. The van der Waals surface area contributed by atoms with Gasteiger partial charge in [-0.25, -0.2) is 0 Å². The number of carbonyl (C=O) groups excluding carboxylic acids is 2. The van der Waals surface area contributed by atoms with Gasteiger partial charge in [0.1, 0.15) is 0 Å². The molecule has 0 heterocycles. The second-order valence-corrected chi connectivity index (χ2v) is 4.72. The van der Waals surface area contributed by atoms with Crippen LogP contribution < -0.4 is 16.0 Å². The van der Waals surface area contributed by atoms with Crippen molar-refractivity contribution in [2.45, 2.75) is 13.8 Å². The highest BCUT2D eigenvalue weighted by molar-refractivity contribution is 6.00. The van der Waals surface area contributed by atoms with E-state index < -0.39 is 0 Å². The SMILES string of the molecule is CNC(=O)C(C)CN(C)c1ccc(N)c(C(C)=O)c1. The summed E-state index contributed by atoms with van der Waals surface area (Å²) < 4.78 is 0. The number of nitrogens with zero attached hydrogens (tertiary/aromatic N) is 1. The molecule has 0 aliphatic carbocycles. The van der Waals surface area contributed by atoms with Crippen LogP contribution in [0.4, 0.5) is 11.4 Å². The van der Waals surface area contributed by atoms with E-state index in [1.165, 1.54) is 6.92 Å². The fourth-order valence-electron chi connectivity index (χ4n) is 1.93. The lowest BCUT2D eigenvalue weighted by atomic mass is 10.1. The maximum Gasteiger partial charge on any atom is 0.224 e. The molecule has 0 saturated heterocycles. The van der Waals surface area contributed by atoms with Crippen LogP contribution in [0.2, 0.25) is 0 Å². The van der Waals surface area contributed by atoms with Gasteiger partial charge in [-0.3, -0.25) is 9.59 Å². The number of Topliss-reactive ketones (excluding diaryl/α,β-unsaturated/α-hetero) is 1. The van der Waals surface area contributed by atoms with Gasteiger partial charge in [-0.1, -0.05) is 6.92 Å². The van der Waals surface area contributed by atoms with Gasteiger partial charge in [0.15, 0.2) is 5.78 Å². The van der Waals surface area contributed by atoms with E-state index in [0.717, 1.165) is 5.69 Å². The molecule has 0 aromatic heterocycles. The van der Waals surface area contributed by atoms with E-state index in [2.05, 4.69) is 5.32 Å². The van der Waals surface area contributed by atoms with Gasteiger partial charge in [-0.2, -0.15) is 0 Å². The van der Waals surface area contributed by atoms with Crippen LogP contribution in [0.25, 0.3) is 0 Å². The Labute approximate surface area is 113 Å². The van der Waals surface area contributed by atoms with E-state index in [-0.39, 0.29) is 17.6 Å². The third kappa shape index (κ3) is 3.71. The van der Waals surface area contributed by atoms with Crippen LogP contribution in [0.3, 0.4) is 0 Å². The summed E-state index contributed by atoms with van der Waals surface area (Å²) in [5, 5.41) is 2.62. The number of nitrogens with one attached hydrogen (secondary N) is 1. The molecule has 0 spiro atoms. The van der Waals surface area contributed by atoms with Crippen molar-refractivity contribution in [3.8, 4) is 0 Å². The van der Waals surface area contributed by atoms with Gasteiger partial charge in [0, 0.05) is 37.6 Å². The van der Waals surface area contributed by atoms with Crippen LogP contribution in [0.15, 0.2) is 18.2 Å². The topological polar surface area (TPSA) is 75.4 Å². The van der Waals surface area contributed by atoms with Crippen LogP contribution in [-0.4, -0.2) is 32.3 Å². The number of nitrogen functional groups attached to an aromatic ring is 1. The summed E-state index contributed by atoms with van der Waals surface area (Å²) in [5.74, 6) is -0.200. The van der Waals surface area contributed by atoms with E-state index in [9.17, 15) is 9.59 Å². The van der Waals surface area contributed by atoms with E-state index in [1.54, 1.807) is 19.2 Å². The highest BCUT2D eigenvalue weighted by atomic mass is 16.1. The zero-order valence-electron chi connectivity index (χ0n) is 11.9. The zero-order valence-corrected chi connectivity index (χ0v) is 11.9. The summed E-state index contributed by atoms with van der Waals surface area (Å²) in [6, 6.07) is 5.32. The van der Waals surface area contributed by atoms with Crippen molar-refractivity contribution in [1.29, 1.82) is 0 Å². The van der Waals surface area contributed by atoms with Crippen molar-refractivity contribution in [3.05, 3.63) is 23.8 Å². The Kier molecular flexibility index (Phi) is 4.92. The predicted octanol–water partition coefficient (Wildman–Crippen LogP) is 1.29. The summed E-state index contributed by atoms with van der Waals surface area (Å²) in [6.45, 7) is 3.92. The Bertz CT molecular complexity index is 486. The molecule has 1 aromatic carbocycles. The summed E-state index contributed by atoms with van der Waals surface area (Å²) in [5.41, 5.74) is 7.62. The second kappa shape index (κ2) is 6.22. The van der Waals surface area contributed by atoms with E-state index in [4.69, 9.17) is 5.73 Å². The number of amides is 1. The second-order valence-electron chi connectivity index (χ2n) is 4.72. The molecule has 0 radical (unpaired) electrons. The molecule has 3 N–H and O–H groups in total. The lowest BCUT2D eigenvalue weighted by Crippen LogP contribution is -2.34. The first-order chi connectivity index (χ1) is 8.86. The smallest absolute Gasteiger partial charge is 0.224 e. The molecule has 5 nitrogen and oxygen atoms in total. The normalized spacial score (nSPS) is 11.8. The molecule has 0 aliphatic heterocycles. The number of benzene rings is 1. The minimum Gasteiger partial charge on any atom is -0.398 e. The minimum absolute atomic E-state index is 0.00548. The highest BCUT2D eigenvalue weighted by Gasteiger charge is 2.15. The van der Waals surface area contributed by atoms with Crippen LogP contribution in [-0.2, 0) is 4.79 Å². The van der Waals surface area contributed by atoms with Crippen molar-refractivity contribution in [3.63, 3.8) is 0 Å². The zero-order chi connectivity index (χ0) is 14.6. The van der Waals surface area contributed by atoms with Gasteiger partial charge in [0.25, 0.3) is 0 Å². The number of ketones is 1. The van der Waals surface area contributed by atoms with Crippen molar-refractivity contribution in [2.24, 2.45) is 5.92 Å². The molecule has 1 atom stereocenters. The number of nitrogens with two attached hydrogens (primary N) is 1. The molecule has 1 amide bonds. The van der Waals surface area contributed by atoms with Gasteiger partial charge in [-0.05, 0) is 25.1 Å². The van der Waals surface area contributed by atoms with Crippen molar-refractivity contribution >= 4 is 23.1 Å². The maximum absolute atomic E-state index is 11.5. The van der Waals surface area contributed by atoms with Crippen LogP contribution in [0.1, 0.15) is 24.2 Å². The quantitative estimate of drug-likeness (QED) is 0.620. The van der Waals surface area contributed by atoms with Crippen molar-refractivity contribution in [2.75, 3.05) is 31.3 Å². The first kappa shape index (κ1) is 15.0. The van der Waals surface area contributed by atoms with E-state index >= 15 is 0 Å². The number of hydrogen-bond donors (Lipinski definition) is 2. The van der Waals surface area contributed by atoms with E-state index in [1.807, 2.05) is 24.9 Å². The van der Waals surface area contributed by atoms with Crippen molar-refractivity contribution in [1.82, 2.24) is 5.32 Å². The first-order valence-corrected chi connectivity index (χ1v) is 6.20. The summed E-state index contributed by atoms with van der Waals surface area (Å²) >= 11 is 0. The lowest BCUT2D eigenvalue weighted by molar-refractivity contribution is -0.123. The largest absolute Gasteiger partial charge is 0.398 e. The lowest BCUT2D eigenvalue weighted by Gasteiger charge is -2.23. The van der Waals surface area contributed by atoms with Crippen LogP contribution >= 0.6 is 0 Å². The molecule has 1 rings (SSSR count). The maximum atomic E-state index is 11.5. The molecular weight excluding hydrogens is 242 g/mol. The number of anilines is 2. The average Bonchev–Trinajstić information content (AvgIpc) is 2.37. The molecular formula is C14H21N3O2. The third-order valence-corrected chi connectivity index (χ3v) is 3.10. The standard InChI is InChI=1S/C14H21N3O2/c1-9(14(19)16-3)8-17(4)11-5-6-13(15)12(7-11)10(2)18/h5-7,9H,8,15H2,1-4H3,(H,16,19). The minimum atomic E-state index is -0.131. The summed E-state index contributed by atoms with van der Waals surface area (Å²) in [4.78, 5) is 24.9. The van der Waals surface area contributed by atoms with Gasteiger partial charge in [0.2, 0.25) is 5.91 Å². The molecule has 0 fully saturated rings. The number of carbonyl (C=O) groups is 2. The van der Waals surface area contributed by atoms with Crippen LogP contribution in [0.5, 0.6) is 0 Å². The molecule has 19 heavy (non-hydrogen) atoms. The number of rotatable bonds is 5. The summed E-state index contributed by atoms with van der Waals surface area (Å²) in [7, 11) is 3.50. The molecule has 1 aromatic rings. The van der Waals surface area contributed by atoms with E-state index in [0.29, 0.717) is 17.8 Å². The molecule has 0 aliphatic rings. The first-order valence-electron chi connectivity index (χ1n) is 6.20. The highest BCUT2D eigenvalue weighted by Crippen LogP contribution is 2.21. The van der Waals surface area contributed by atoms with Gasteiger partial charge < -0.3 is 16.0 Å². The third-order valence-electron chi connectivity index (χ3n) is 3.10.